The fourth-order valence-corrected chi connectivity index (χ4v) is 4.10. The lowest BCUT2D eigenvalue weighted by Crippen LogP contribution is -2.38. The van der Waals surface area contributed by atoms with Crippen LogP contribution in [-0.4, -0.2) is 45.0 Å². The summed E-state index contributed by atoms with van der Waals surface area (Å²) < 4.78 is 26.1. The summed E-state index contributed by atoms with van der Waals surface area (Å²) in [7, 11) is -2.28. The minimum Gasteiger partial charge on any atom is -0.355 e. The van der Waals surface area contributed by atoms with Crippen LogP contribution in [0.25, 0.3) is 0 Å². The van der Waals surface area contributed by atoms with E-state index in [1.807, 2.05) is 30.5 Å². The monoisotopic (exact) mass is 426 g/mol. The third kappa shape index (κ3) is 6.53. The number of halogens is 1. The Morgan fingerprint density at radius 1 is 1.11 bits per heavy atom. The summed E-state index contributed by atoms with van der Waals surface area (Å²) >= 11 is 7.39. The molecule has 0 unspecified atom stereocenters. The van der Waals surface area contributed by atoms with E-state index in [0.29, 0.717) is 11.6 Å². The van der Waals surface area contributed by atoms with E-state index in [1.54, 1.807) is 24.3 Å². The van der Waals surface area contributed by atoms with Crippen molar-refractivity contribution in [3.63, 3.8) is 0 Å². The van der Waals surface area contributed by atoms with E-state index in [4.69, 9.17) is 11.6 Å². The van der Waals surface area contributed by atoms with E-state index in [-0.39, 0.29) is 17.3 Å². The summed E-state index contributed by atoms with van der Waals surface area (Å²) in [6, 6.07) is 14.2. The third-order valence-electron chi connectivity index (χ3n) is 4.01. The first kappa shape index (κ1) is 21.8. The van der Waals surface area contributed by atoms with Gasteiger partial charge < -0.3 is 5.32 Å². The van der Waals surface area contributed by atoms with Crippen LogP contribution in [0.3, 0.4) is 0 Å². The predicted octanol–water partition coefficient (Wildman–Crippen LogP) is 3.43. The molecule has 0 spiro atoms. The number of amides is 1. The maximum Gasteiger partial charge on any atom is 0.243 e. The van der Waals surface area contributed by atoms with Gasteiger partial charge >= 0.3 is 0 Å². The van der Waals surface area contributed by atoms with Crippen LogP contribution in [-0.2, 0) is 21.2 Å². The van der Waals surface area contributed by atoms with Crippen LogP contribution in [0.1, 0.15) is 12.0 Å². The van der Waals surface area contributed by atoms with Gasteiger partial charge in [0.15, 0.2) is 0 Å². The Labute approximate surface area is 170 Å². The first-order valence-electron chi connectivity index (χ1n) is 8.44. The number of benzene rings is 2. The molecule has 0 aromatic heterocycles. The number of nitrogens with one attached hydrogen (secondary N) is 1. The number of aryl methyl sites for hydroxylation is 1. The van der Waals surface area contributed by atoms with Gasteiger partial charge in [0.05, 0.1) is 11.4 Å². The molecule has 0 saturated heterocycles. The Morgan fingerprint density at radius 3 is 2.33 bits per heavy atom. The zero-order chi connectivity index (χ0) is 19.9. The summed E-state index contributed by atoms with van der Waals surface area (Å²) in [6.45, 7) is 0.269. The topological polar surface area (TPSA) is 66.5 Å². The highest BCUT2D eigenvalue weighted by Crippen LogP contribution is 2.19. The minimum atomic E-state index is -3.69. The number of thioether (sulfide) groups is 1. The van der Waals surface area contributed by atoms with Gasteiger partial charge in [-0.2, -0.15) is 4.31 Å². The van der Waals surface area contributed by atoms with Crippen LogP contribution in [0.5, 0.6) is 0 Å². The quantitative estimate of drug-likeness (QED) is 0.492. The standard InChI is InChI=1S/C19H23ClN2O3S2/c1-22(27(24,25)18-11-9-17(26-2)10-12-18)14-19(23)21-13-3-4-15-5-7-16(20)8-6-15/h5-12H,3-4,13-14H2,1-2H3,(H,21,23). The molecule has 2 rings (SSSR count). The highest BCUT2D eigenvalue weighted by Gasteiger charge is 2.22. The van der Waals surface area contributed by atoms with Crippen LogP contribution < -0.4 is 5.32 Å². The van der Waals surface area contributed by atoms with Crippen LogP contribution >= 0.6 is 23.4 Å². The lowest BCUT2D eigenvalue weighted by Gasteiger charge is -2.17. The van der Waals surface area contributed by atoms with Crippen molar-refractivity contribution in [3.8, 4) is 0 Å². The molecule has 146 valence electrons. The van der Waals surface area contributed by atoms with Crippen molar-refractivity contribution in [3.05, 3.63) is 59.1 Å². The van der Waals surface area contributed by atoms with Crippen LogP contribution in [0, 0.1) is 0 Å². The van der Waals surface area contributed by atoms with Crippen molar-refractivity contribution < 1.29 is 13.2 Å². The molecule has 0 aliphatic heterocycles. The van der Waals surface area contributed by atoms with Gasteiger partial charge in [0.2, 0.25) is 15.9 Å². The van der Waals surface area contributed by atoms with Gasteiger partial charge in [-0.05, 0) is 61.1 Å². The summed E-state index contributed by atoms with van der Waals surface area (Å²) in [5.41, 5.74) is 1.14. The van der Waals surface area contributed by atoms with E-state index in [1.165, 1.54) is 18.8 Å². The zero-order valence-corrected chi connectivity index (χ0v) is 17.7. The molecular weight excluding hydrogens is 404 g/mol. The van der Waals surface area contributed by atoms with E-state index in [9.17, 15) is 13.2 Å². The number of sulfonamides is 1. The first-order chi connectivity index (χ1) is 12.8. The molecule has 27 heavy (non-hydrogen) atoms. The first-order valence-corrected chi connectivity index (χ1v) is 11.5. The summed E-state index contributed by atoms with van der Waals surface area (Å²) in [5, 5.41) is 3.46. The predicted molar refractivity (Wildman–Crippen MR) is 111 cm³/mol. The van der Waals surface area contributed by atoms with Crippen molar-refractivity contribution in [1.29, 1.82) is 0 Å². The zero-order valence-electron chi connectivity index (χ0n) is 15.3. The van der Waals surface area contributed by atoms with E-state index < -0.39 is 10.0 Å². The van der Waals surface area contributed by atoms with Crippen LogP contribution in [0.4, 0.5) is 0 Å². The fourth-order valence-electron chi connectivity index (χ4n) is 2.44. The van der Waals surface area contributed by atoms with Crippen molar-refractivity contribution in [2.75, 3.05) is 26.4 Å². The molecule has 0 saturated carbocycles. The maximum absolute atomic E-state index is 12.5. The van der Waals surface area contributed by atoms with E-state index >= 15 is 0 Å². The molecule has 0 atom stereocenters. The Bertz CT molecular complexity index is 854. The maximum atomic E-state index is 12.5. The number of nitrogens with zero attached hydrogens (tertiary/aromatic N) is 1. The lowest BCUT2D eigenvalue weighted by molar-refractivity contribution is -0.121. The normalized spacial score (nSPS) is 11.6. The second-order valence-corrected chi connectivity index (χ2v) is 9.38. The van der Waals surface area contributed by atoms with Gasteiger partial charge in [-0.25, -0.2) is 8.42 Å². The number of carbonyl (C=O) groups is 1. The number of rotatable bonds is 9. The second-order valence-electron chi connectivity index (χ2n) is 6.02. The van der Waals surface area contributed by atoms with Gasteiger partial charge in [0, 0.05) is 23.5 Å². The van der Waals surface area contributed by atoms with Crippen LogP contribution in [0.2, 0.25) is 5.02 Å². The Hall–Kier alpha value is -1.54. The van der Waals surface area contributed by atoms with Crippen molar-refractivity contribution in [2.24, 2.45) is 0 Å². The Morgan fingerprint density at radius 2 is 1.74 bits per heavy atom. The summed E-state index contributed by atoms with van der Waals surface area (Å²) in [4.78, 5) is 13.2. The molecule has 5 nitrogen and oxygen atoms in total. The van der Waals surface area contributed by atoms with Crippen molar-refractivity contribution in [2.45, 2.75) is 22.6 Å². The molecular formula is C19H23ClN2O3S2. The van der Waals surface area contributed by atoms with Gasteiger partial charge in [-0.15, -0.1) is 11.8 Å². The number of likely N-dealkylation sites (N-methyl/N-ethyl adjacent to an activating group) is 1. The molecule has 0 heterocycles. The minimum absolute atomic E-state index is 0.179. The molecule has 0 radical (unpaired) electrons. The number of hydrogen-bond donors (Lipinski definition) is 1. The smallest absolute Gasteiger partial charge is 0.243 e. The van der Waals surface area contributed by atoms with E-state index in [2.05, 4.69) is 5.32 Å². The molecule has 2 aromatic rings. The highest BCUT2D eigenvalue weighted by molar-refractivity contribution is 7.98. The van der Waals surface area contributed by atoms with E-state index in [0.717, 1.165) is 27.6 Å². The fraction of sp³-hybridized carbons (Fsp3) is 0.316. The highest BCUT2D eigenvalue weighted by atomic mass is 35.5. The molecule has 1 N–H and O–H groups in total. The Balaban J connectivity index is 1.80. The Kier molecular flexibility index (Phi) is 8.16. The largest absolute Gasteiger partial charge is 0.355 e. The summed E-state index contributed by atoms with van der Waals surface area (Å²) in [6.07, 6.45) is 3.50. The van der Waals surface area contributed by atoms with Gasteiger partial charge in [0.25, 0.3) is 0 Å². The number of carbonyl (C=O) groups excluding carboxylic acids is 1. The lowest BCUT2D eigenvalue weighted by atomic mass is 10.1. The molecule has 8 heteroatoms. The average Bonchev–Trinajstić information content (AvgIpc) is 2.66. The van der Waals surface area contributed by atoms with Crippen LogP contribution in [0.15, 0.2) is 58.3 Å². The van der Waals surface area contributed by atoms with Gasteiger partial charge in [0.1, 0.15) is 0 Å². The molecule has 0 bridgehead atoms. The molecule has 0 aliphatic carbocycles. The SMILES string of the molecule is CSc1ccc(S(=O)(=O)N(C)CC(=O)NCCCc2ccc(Cl)cc2)cc1. The average molecular weight is 427 g/mol. The molecule has 2 aromatic carbocycles. The second kappa shape index (κ2) is 10.1. The molecule has 0 fully saturated rings. The van der Waals surface area contributed by atoms with Gasteiger partial charge in [-0.1, -0.05) is 23.7 Å². The summed E-state index contributed by atoms with van der Waals surface area (Å²) in [5.74, 6) is -0.321. The third-order valence-corrected chi connectivity index (χ3v) is 6.82. The number of hydrogen-bond acceptors (Lipinski definition) is 4. The van der Waals surface area contributed by atoms with Gasteiger partial charge in [-0.3, -0.25) is 4.79 Å². The van der Waals surface area contributed by atoms with Crippen molar-refractivity contribution >= 4 is 39.3 Å². The van der Waals surface area contributed by atoms with Crippen molar-refractivity contribution in [1.82, 2.24) is 9.62 Å². The molecule has 1 amide bonds. The molecule has 0 aliphatic rings.